The molecule has 21 heteroatoms. The number of benzene rings is 4. The van der Waals surface area contributed by atoms with Gasteiger partial charge in [0.2, 0.25) is 17.7 Å². The molecule has 5 heterocycles. The van der Waals surface area contributed by atoms with Gasteiger partial charge in [-0.25, -0.2) is 4.39 Å². The van der Waals surface area contributed by atoms with E-state index in [1.54, 1.807) is 23.1 Å². The number of amides is 5. The largest absolute Gasteiger partial charge is 0.508 e. The molecule has 3 saturated heterocycles. The number of phenols is 1. The van der Waals surface area contributed by atoms with Crippen molar-refractivity contribution < 1.29 is 61.9 Å². The molecule has 19 nitrogen and oxygen atoms in total. The van der Waals surface area contributed by atoms with Gasteiger partial charge in [-0.2, -0.15) is 9.97 Å². The van der Waals surface area contributed by atoms with Gasteiger partial charge >= 0.3 is 6.01 Å². The maximum absolute atomic E-state index is 17.1. The second-order valence-corrected chi connectivity index (χ2v) is 19.1. The molecule has 0 saturated carbocycles. The minimum atomic E-state index is -1.03. The molecule has 9 rings (SSSR count). The highest BCUT2D eigenvalue weighted by Gasteiger charge is 2.45. The SMILES string of the molecule is C=CC(=O)N1CCN(c2nc(O[C@H](C)CN3CCC(OCCOCCOCCOCCOc4ccc5c(c4)C(=O)N(C4CCC(=O)NC4=O)C5=O)CC3)nc3c(F)c(-c4cc(O)cc5ccccc45)c(Cl)cc23)CC1. The van der Waals surface area contributed by atoms with Crippen molar-refractivity contribution in [3.05, 3.63) is 95.3 Å². The number of piperidine rings is 2. The number of carbonyl (C=O) groups excluding carboxylic acids is 5. The molecule has 4 aromatic carbocycles. The van der Waals surface area contributed by atoms with Gasteiger partial charge in [0, 0.05) is 63.2 Å². The van der Waals surface area contributed by atoms with E-state index in [-0.39, 0.29) is 83.2 Å². The first-order valence-corrected chi connectivity index (χ1v) is 25.5. The number of ether oxygens (including phenoxy) is 6. The Labute approximate surface area is 437 Å². The van der Waals surface area contributed by atoms with Gasteiger partial charge in [-0.15, -0.1) is 0 Å². The van der Waals surface area contributed by atoms with E-state index in [1.807, 2.05) is 36.1 Å². The Bertz CT molecular complexity index is 2970. The normalized spacial score (nSPS) is 18.0. The van der Waals surface area contributed by atoms with Crippen LogP contribution >= 0.6 is 11.6 Å². The number of nitrogens with one attached hydrogen (secondary N) is 1. The van der Waals surface area contributed by atoms with Crippen molar-refractivity contribution in [3.63, 3.8) is 0 Å². The topological polar surface area (TPSA) is 212 Å². The fourth-order valence-corrected chi connectivity index (χ4v) is 10.2. The van der Waals surface area contributed by atoms with Crippen LogP contribution in [0.3, 0.4) is 0 Å². The van der Waals surface area contributed by atoms with Gasteiger partial charge in [0.15, 0.2) is 5.82 Å². The number of rotatable bonds is 22. The Hall–Kier alpha value is -6.81. The predicted molar refractivity (Wildman–Crippen MR) is 275 cm³/mol. The average Bonchev–Trinajstić information content (AvgIpc) is 3.65. The zero-order valence-corrected chi connectivity index (χ0v) is 42.4. The predicted octanol–water partition coefficient (Wildman–Crippen LogP) is 5.56. The fourth-order valence-electron chi connectivity index (χ4n) is 9.88. The molecular formula is C54H59ClFN7O12. The van der Waals surface area contributed by atoms with Crippen molar-refractivity contribution in [2.75, 3.05) is 104 Å². The quantitative estimate of drug-likeness (QED) is 0.0494. The number of phenolic OH excluding ortho intramolecular Hbond substituents is 1. The summed E-state index contributed by atoms with van der Waals surface area (Å²) in [5, 5.41) is 14.8. The molecule has 5 amide bonds. The first-order valence-electron chi connectivity index (χ1n) is 25.2. The summed E-state index contributed by atoms with van der Waals surface area (Å²) in [7, 11) is 0. The molecule has 75 heavy (non-hydrogen) atoms. The Kier molecular flexibility index (Phi) is 17.1. The van der Waals surface area contributed by atoms with Crippen LogP contribution in [0, 0.1) is 5.82 Å². The number of aromatic nitrogens is 2. The maximum Gasteiger partial charge on any atom is 0.319 e. The fraction of sp³-hybridized carbons (Fsp3) is 0.426. The summed E-state index contributed by atoms with van der Waals surface area (Å²) in [5.74, 6) is -2.31. The number of aromatic hydroxyl groups is 1. The van der Waals surface area contributed by atoms with E-state index in [0.717, 1.165) is 36.2 Å². The minimum absolute atomic E-state index is 0.0143. The van der Waals surface area contributed by atoms with E-state index < -0.39 is 35.5 Å². The molecule has 0 spiro atoms. The van der Waals surface area contributed by atoms with E-state index in [9.17, 15) is 29.1 Å². The van der Waals surface area contributed by atoms with Crippen LogP contribution in [-0.2, 0) is 33.3 Å². The van der Waals surface area contributed by atoms with Crippen molar-refractivity contribution in [1.29, 1.82) is 0 Å². The zero-order chi connectivity index (χ0) is 52.6. The van der Waals surface area contributed by atoms with Gasteiger partial charge < -0.3 is 43.3 Å². The average molecular weight is 1050 g/mol. The zero-order valence-electron chi connectivity index (χ0n) is 41.6. The van der Waals surface area contributed by atoms with E-state index in [4.69, 9.17) is 45.0 Å². The summed E-state index contributed by atoms with van der Waals surface area (Å²) in [6.45, 7) is 12.2. The number of imide groups is 2. The summed E-state index contributed by atoms with van der Waals surface area (Å²) >= 11 is 6.91. The molecule has 4 aliphatic heterocycles. The number of anilines is 1. The number of hydrogen-bond acceptors (Lipinski definition) is 16. The molecular weight excluding hydrogens is 993 g/mol. The highest BCUT2D eigenvalue weighted by atomic mass is 35.5. The number of carbonyl (C=O) groups is 5. The number of halogens is 2. The van der Waals surface area contributed by atoms with Crippen molar-refractivity contribution >= 4 is 68.6 Å². The Morgan fingerprint density at radius 2 is 1.52 bits per heavy atom. The van der Waals surface area contributed by atoms with Crippen LogP contribution in [0.5, 0.6) is 17.5 Å². The van der Waals surface area contributed by atoms with Crippen molar-refractivity contribution in [2.45, 2.75) is 50.9 Å². The number of piperazine rings is 1. The third-order valence-corrected chi connectivity index (χ3v) is 13.9. The second kappa shape index (κ2) is 24.2. The van der Waals surface area contributed by atoms with Gasteiger partial charge in [0.25, 0.3) is 11.8 Å². The third kappa shape index (κ3) is 12.3. The lowest BCUT2D eigenvalue weighted by atomic mass is 9.96. The summed E-state index contributed by atoms with van der Waals surface area (Å²) < 4.78 is 52.2. The lowest BCUT2D eigenvalue weighted by Crippen LogP contribution is -2.54. The lowest BCUT2D eigenvalue weighted by molar-refractivity contribution is -0.136. The monoisotopic (exact) mass is 1050 g/mol. The Morgan fingerprint density at radius 3 is 2.24 bits per heavy atom. The number of nitrogens with zero attached hydrogens (tertiary/aromatic N) is 6. The molecule has 0 bridgehead atoms. The smallest absolute Gasteiger partial charge is 0.319 e. The minimum Gasteiger partial charge on any atom is -0.508 e. The van der Waals surface area contributed by atoms with Crippen molar-refractivity contribution in [3.8, 4) is 28.6 Å². The standard InChI is InChI=1S/C54H59ClFN7O12/c1-3-46(66)61-16-18-62(19-17-61)50-42-31-43(55)47(40-29-35(64)28-34-6-4-5-7-38(34)40)48(56)49(42)58-54(59-50)75-33(2)32-60-14-12-36(13-15-60)73-26-24-71-22-20-70-21-23-72-25-27-74-37-8-9-39-41(30-37)53(69)63(52(39)68)44-10-11-45(65)57-51(44)67/h3-9,28-31,33,36,44,64H,1,10-27,32H2,2H3,(H,57,65,67)/t33-,44?/m1/s1. The molecule has 4 aliphatic rings. The summed E-state index contributed by atoms with van der Waals surface area (Å²) in [5.41, 5.74) is 0.881. The molecule has 5 aromatic rings. The highest BCUT2D eigenvalue weighted by molar-refractivity contribution is 6.35. The van der Waals surface area contributed by atoms with Crippen LogP contribution in [0.15, 0.2) is 73.3 Å². The van der Waals surface area contributed by atoms with Crippen LogP contribution in [0.4, 0.5) is 10.2 Å². The van der Waals surface area contributed by atoms with E-state index in [2.05, 4.69) is 21.8 Å². The Balaban J connectivity index is 0.677. The van der Waals surface area contributed by atoms with Crippen LogP contribution in [0.2, 0.25) is 5.02 Å². The van der Waals surface area contributed by atoms with E-state index in [1.165, 1.54) is 24.3 Å². The Morgan fingerprint density at radius 1 is 0.827 bits per heavy atom. The highest BCUT2D eigenvalue weighted by Crippen LogP contribution is 2.43. The number of fused-ring (bicyclic) bond motifs is 3. The van der Waals surface area contributed by atoms with Crippen LogP contribution in [-0.4, -0.2) is 176 Å². The van der Waals surface area contributed by atoms with Crippen LogP contribution in [0.1, 0.15) is 53.3 Å². The lowest BCUT2D eigenvalue weighted by Gasteiger charge is -2.35. The van der Waals surface area contributed by atoms with Crippen molar-refractivity contribution in [1.82, 2.24) is 30.0 Å². The van der Waals surface area contributed by atoms with Gasteiger partial charge in [0.05, 0.1) is 68.5 Å². The first kappa shape index (κ1) is 53.0. The molecule has 396 valence electrons. The van der Waals surface area contributed by atoms with Crippen molar-refractivity contribution in [2.24, 2.45) is 0 Å². The van der Waals surface area contributed by atoms with Gasteiger partial charge in [0.1, 0.15) is 41.6 Å². The van der Waals surface area contributed by atoms with Crippen LogP contribution < -0.4 is 19.7 Å². The summed E-state index contributed by atoms with van der Waals surface area (Å²) in [4.78, 5) is 78.6. The number of likely N-dealkylation sites (tertiary alicyclic amines) is 1. The van der Waals surface area contributed by atoms with Crippen LogP contribution in [0.25, 0.3) is 32.8 Å². The summed E-state index contributed by atoms with van der Waals surface area (Å²) in [6.07, 6.45) is 2.81. The maximum atomic E-state index is 17.1. The van der Waals surface area contributed by atoms with Gasteiger partial charge in [-0.1, -0.05) is 42.4 Å². The second-order valence-electron chi connectivity index (χ2n) is 18.6. The molecule has 2 N–H and O–H groups in total. The van der Waals surface area contributed by atoms with Gasteiger partial charge in [-0.05, 0) is 85.0 Å². The number of hydrogen-bond donors (Lipinski definition) is 2. The molecule has 0 aliphatic carbocycles. The first-order chi connectivity index (χ1) is 36.4. The van der Waals surface area contributed by atoms with E-state index in [0.29, 0.717) is 100 Å². The molecule has 0 radical (unpaired) electrons. The molecule has 1 aromatic heterocycles. The molecule has 2 atom stereocenters. The summed E-state index contributed by atoms with van der Waals surface area (Å²) in [6, 6.07) is 15.7. The molecule has 3 fully saturated rings. The van der Waals surface area contributed by atoms with Gasteiger partial charge in [-0.3, -0.25) is 39.1 Å². The van der Waals surface area contributed by atoms with E-state index >= 15 is 4.39 Å². The third-order valence-electron chi connectivity index (χ3n) is 13.6. The molecule has 1 unspecified atom stereocenters.